The van der Waals surface area contributed by atoms with E-state index in [0.29, 0.717) is 5.02 Å². The molecule has 1 saturated carbocycles. The van der Waals surface area contributed by atoms with Crippen LogP contribution in [0.5, 0.6) is 0 Å². The van der Waals surface area contributed by atoms with E-state index in [1.165, 1.54) is 17.4 Å². The van der Waals surface area contributed by atoms with E-state index in [4.69, 9.17) is 16.3 Å². The van der Waals surface area contributed by atoms with Crippen molar-refractivity contribution in [2.45, 2.75) is 38.6 Å². The molecule has 1 aliphatic rings. The summed E-state index contributed by atoms with van der Waals surface area (Å²) in [5, 5.41) is 4.53. The Bertz CT molecular complexity index is 822. The van der Waals surface area contributed by atoms with E-state index in [1.807, 2.05) is 24.3 Å². The number of halogens is 1. The van der Waals surface area contributed by atoms with Crippen LogP contribution in [-0.4, -0.2) is 24.5 Å². The molecule has 1 aromatic carbocycles. The number of thiophene rings is 1. The highest BCUT2D eigenvalue weighted by Gasteiger charge is 2.20. The van der Waals surface area contributed by atoms with Crippen LogP contribution in [0.25, 0.3) is 16.2 Å². The second-order valence-electron chi connectivity index (χ2n) is 6.74. The number of fused-ring (bicyclic) bond motifs is 1. The Hall–Kier alpha value is -1.85. The first kappa shape index (κ1) is 18.9. The summed E-state index contributed by atoms with van der Waals surface area (Å²) < 4.78 is 6.09. The van der Waals surface area contributed by atoms with E-state index in [-0.39, 0.29) is 18.6 Å². The number of benzene rings is 1. The van der Waals surface area contributed by atoms with Crippen molar-refractivity contribution < 1.29 is 14.3 Å². The van der Waals surface area contributed by atoms with E-state index >= 15 is 0 Å². The Kier molecular flexibility index (Phi) is 6.33. The molecule has 0 aliphatic heterocycles. The third-order valence-electron chi connectivity index (χ3n) is 4.66. The monoisotopic (exact) mass is 391 g/mol. The van der Waals surface area contributed by atoms with Gasteiger partial charge in [0.25, 0.3) is 5.91 Å². The summed E-state index contributed by atoms with van der Waals surface area (Å²) >= 11 is 7.84. The van der Waals surface area contributed by atoms with E-state index in [1.54, 1.807) is 6.08 Å². The number of carbonyl (C=O) groups excluding carboxylic acids is 2. The first-order valence-corrected chi connectivity index (χ1v) is 10.0. The number of nitrogens with one attached hydrogen (secondary N) is 1. The molecule has 3 rings (SSSR count). The lowest BCUT2D eigenvalue weighted by atomic mass is 9.87. The van der Waals surface area contributed by atoms with E-state index in [0.717, 1.165) is 46.6 Å². The third kappa shape index (κ3) is 4.86. The molecular weight excluding hydrogens is 370 g/mol. The van der Waals surface area contributed by atoms with Gasteiger partial charge < -0.3 is 10.1 Å². The van der Waals surface area contributed by atoms with Crippen molar-refractivity contribution >= 4 is 51.0 Å². The number of esters is 1. The maximum atomic E-state index is 11.9. The summed E-state index contributed by atoms with van der Waals surface area (Å²) in [5.41, 5.74) is 0. The lowest BCUT2D eigenvalue weighted by molar-refractivity contribution is -0.144. The maximum absolute atomic E-state index is 11.9. The van der Waals surface area contributed by atoms with Gasteiger partial charge in [-0.25, -0.2) is 4.79 Å². The normalized spacial score (nSPS) is 20.4. The number of carbonyl (C=O) groups is 2. The van der Waals surface area contributed by atoms with Gasteiger partial charge in [0, 0.05) is 27.1 Å². The van der Waals surface area contributed by atoms with Gasteiger partial charge >= 0.3 is 5.97 Å². The number of amides is 1. The number of hydrogen-bond acceptors (Lipinski definition) is 4. The first-order valence-electron chi connectivity index (χ1n) is 8.84. The van der Waals surface area contributed by atoms with Gasteiger partial charge in [-0.05, 0) is 43.7 Å². The van der Waals surface area contributed by atoms with Crippen LogP contribution in [0.3, 0.4) is 0 Å². The summed E-state index contributed by atoms with van der Waals surface area (Å²) in [5.74, 6) is -0.0658. The predicted molar refractivity (Wildman–Crippen MR) is 106 cm³/mol. The van der Waals surface area contributed by atoms with Gasteiger partial charge in [-0.3, -0.25) is 4.79 Å². The van der Waals surface area contributed by atoms with Gasteiger partial charge in [0.1, 0.15) is 0 Å². The quantitative estimate of drug-likeness (QED) is 0.588. The van der Waals surface area contributed by atoms with Crippen LogP contribution in [0.15, 0.2) is 30.3 Å². The highest BCUT2D eigenvalue weighted by atomic mass is 35.5. The Balaban J connectivity index is 1.48. The van der Waals surface area contributed by atoms with Crippen molar-refractivity contribution in [3.63, 3.8) is 0 Å². The smallest absolute Gasteiger partial charge is 0.331 e. The maximum Gasteiger partial charge on any atom is 0.331 e. The largest absolute Gasteiger partial charge is 0.452 e. The first-order chi connectivity index (χ1) is 12.5. The fraction of sp³-hybridized carbons (Fsp3) is 0.400. The van der Waals surface area contributed by atoms with Gasteiger partial charge in [0.05, 0.1) is 5.02 Å². The number of rotatable bonds is 5. The van der Waals surface area contributed by atoms with Crippen LogP contribution in [-0.2, 0) is 14.3 Å². The molecule has 4 nitrogen and oxygen atoms in total. The van der Waals surface area contributed by atoms with Gasteiger partial charge in [0.15, 0.2) is 6.61 Å². The topological polar surface area (TPSA) is 55.4 Å². The minimum Gasteiger partial charge on any atom is -0.452 e. The zero-order valence-electron chi connectivity index (χ0n) is 14.7. The summed E-state index contributed by atoms with van der Waals surface area (Å²) in [7, 11) is 0. The molecule has 1 heterocycles. The van der Waals surface area contributed by atoms with Gasteiger partial charge in [-0.15, -0.1) is 11.3 Å². The summed E-state index contributed by atoms with van der Waals surface area (Å²) in [4.78, 5) is 24.6. The van der Waals surface area contributed by atoms with E-state index < -0.39 is 5.97 Å². The number of ether oxygens (including phenoxy) is 1. The highest BCUT2D eigenvalue weighted by Crippen LogP contribution is 2.35. The van der Waals surface area contributed by atoms with Gasteiger partial charge in [-0.1, -0.05) is 36.7 Å². The summed E-state index contributed by atoms with van der Waals surface area (Å²) in [6.45, 7) is 1.98. The number of hydrogen-bond donors (Lipinski definition) is 1. The molecule has 0 saturated heterocycles. The molecule has 0 spiro atoms. The Morgan fingerprint density at radius 3 is 2.73 bits per heavy atom. The van der Waals surface area contributed by atoms with Crippen LogP contribution >= 0.6 is 22.9 Å². The highest BCUT2D eigenvalue weighted by molar-refractivity contribution is 7.20. The zero-order valence-corrected chi connectivity index (χ0v) is 16.2. The molecule has 138 valence electrons. The molecule has 1 fully saturated rings. The molecule has 6 heteroatoms. The fourth-order valence-electron chi connectivity index (χ4n) is 3.14. The SMILES string of the molecule is CC1CCC(NC(=O)COC(=O)/C=C/c2sc3ccccc3c2Cl)CC1. The molecule has 1 aromatic heterocycles. The molecule has 1 amide bonds. The second kappa shape index (κ2) is 8.69. The lowest BCUT2D eigenvalue weighted by Gasteiger charge is -2.26. The van der Waals surface area contributed by atoms with E-state index in [9.17, 15) is 9.59 Å². The van der Waals surface area contributed by atoms with Crippen molar-refractivity contribution in [2.75, 3.05) is 6.61 Å². The summed E-state index contributed by atoms with van der Waals surface area (Å²) in [6, 6.07) is 8.00. The predicted octanol–water partition coefficient (Wildman–Crippen LogP) is 4.81. The summed E-state index contributed by atoms with van der Waals surface area (Å²) in [6.07, 6.45) is 7.19. The van der Waals surface area contributed by atoms with Gasteiger partial charge in [-0.2, -0.15) is 0 Å². The van der Waals surface area contributed by atoms with Crippen molar-refractivity contribution in [1.29, 1.82) is 0 Å². The minimum atomic E-state index is -0.550. The van der Waals surface area contributed by atoms with Crippen LogP contribution in [0.4, 0.5) is 0 Å². The average molecular weight is 392 g/mol. The van der Waals surface area contributed by atoms with Crippen molar-refractivity contribution in [3.8, 4) is 0 Å². The Morgan fingerprint density at radius 1 is 1.27 bits per heavy atom. The Labute approximate surface area is 162 Å². The van der Waals surface area contributed by atoms with Crippen LogP contribution in [0.2, 0.25) is 5.02 Å². The zero-order chi connectivity index (χ0) is 18.5. The molecule has 1 aliphatic carbocycles. The molecule has 2 aromatic rings. The second-order valence-corrected chi connectivity index (χ2v) is 8.20. The average Bonchev–Trinajstić information content (AvgIpc) is 2.96. The third-order valence-corrected chi connectivity index (χ3v) is 6.31. The van der Waals surface area contributed by atoms with Gasteiger partial charge in [0.2, 0.25) is 0 Å². The fourth-order valence-corrected chi connectivity index (χ4v) is 4.54. The lowest BCUT2D eigenvalue weighted by Crippen LogP contribution is -2.39. The Morgan fingerprint density at radius 2 is 2.00 bits per heavy atom. The molecule has 0 unspecified atom stereocenters. The molecule has 0 radical (unpaired) electrons. The van der Waals surface area contributed by atoms with Crippen molar-refractivity contribution in [2.24, 2.45) is 5.92 Å². The molecule has 26 heavy (non-hydrogen) atoms. The van der Waals surface area contributed by atoms with Crippen LogP contribution < -0.4 is 5.32 Å². The minimum absolute atomic E-state index is 0.199. The molecule has 0 bridgehead atoms. The van der Waals surface area contributed by atoms with Crippen LogP contribution in [0, 0.1) is 5.92 Å². The van der Waals surface area contributed by atoms with Crippen molar-refractivity contribution in [3.05, 3.63) is 40.2 Å². The van der Waals surface area contributed by atoms with Crippen molar-refractivity contribution in [1.82, 2.24) is 5.32 Å². The van der Waals surface area contributed by atoms with E-state index in [2.05, 4.69) is 12.2 Å². The molecule has 0 atom stereocenters. The molecule has 1 N–H and O–H groups in total. The molecular formula is C20H22ClNO3S. The standard InChI is InChI=1S/C20H22ClNO3S/c1-13-6-8-14(9-7-13)22-18(23)12-25-19(24)11-10-17-20(21)15-4-2-3-5-16(15)26-17/h2-5,10-11,13-14H,6-9,12H2,1H3,(H,22,23)/b11-10+. The van der Waals surface area contributed by atoms with Crippen LogP contribution in [0.1, 0.15) is 37.5 Å².